The number of benzene rings is 2. The van der Waals surface area contributed by atoms with E-state index in [9.17, 15) is 4.79 Å². The standard InChI is InChI=1S/C18H19N3O3/c19-9-4-10-24-16-8-7-13(12-5-2-1-3-6-12)17-14(16)11-15(20-17)18(22)21-23/h1-3,5-8,11,20,23H,4,9-10,19H2,(H,21,22). The van der Waals surface area contributed by atoms with Crippen molar-refractivity contribution in [1.29, 1.82) is 0 Å². The van der Waals surface area contributed by atoms with E-state index in [1.54, 1.807) is 11.5 Å². The number of carbonyl (C=O) groups is 1. The minimum Gasteiger partial charge on any atom is -0.493 e. The van der Waals surface area contributed by atoms with Gasteiger partial charge in [-0.1, -0.05) is 30.3 Å². The Bertz CT molecular complexity index is 843. The molecule has 3 aromatic rings. The summed E-state index contributed by atoms with van der Waals surface area (Å²) in [7, 11) is 0. The molecule has 24 heavy (non-hydrogen) atoms. The van der Waals surface area contributed by atoms with Crippen molar-refractivity contribution in [2.45, 2.75) is 6.42 Å². The minimum atomic E-state index is -0.599. The fourth-order valence-corrected chi connectivity index (χ4v) is 2.63. The first kappa shape index (κ1) is 16.0. The van der Waals surface area contributed by atoms with Gasteiger partial charge in [-0.2, -0.15) is 0 Å². The summed E-state index contributed by atoms with van der Waals surface area (Å²) in [5.41, 5.74) is 10.2. The zero-order valence-corrected chi connectivity index (χ0v) is 13.1. The smallest absolute Gasteiger partial charge is 0.291 e. The van der Waals surface area contributed by atoms with E-state index in [0.717, 1.165) is 28.5 Å². The van der Waals surface area contributed by atoms with Gasteiger partial charge in [0.15, 0.2) is 0 Å². The van der Waals surface area contributed by atoms with E-state index >= 15 is 0 Å². The van der Waals surface area contributed by atoms with Gasteiger partial charge in [0.1, 0.15) is 11.4 Å². The van der Waals surface area contributed by atoms with Gasteiger partial charge in [-0.25, -0.2) is 5.48 Å². The van der Waals surface area contributed by atoms with Gasteiger partial charge < -0.3 is 15.5 Å². The number of fused-ring (bicyclic) bond motifs is 1. The molecule has 1 heterocycles. The van der Waals surface area contributed by atoms with Crippen molar-refractivity contribution in [3.8, 4) is 16.9 Å². The van der Waals surface area contributed by atoms with Crippen LogP contribution in [0.5, 0.6) is 5.75 Å². The average Bonchev–Trinajstić information content (AvgIpc) is 3.07. The fourth-order valence-electron chi connectivity index (χ4n) is 2.63. The lowest BCUT2D eigenvalue weighted by Crippen LogP contribution is -2.18. The molecule has 0 saturated heterocycles. The average molecular weight is 325 g/mol. The van der Waals surface area contributed by atoms with Crippen LogP contribution in [0.1, 0.15) is 16.9 Å². The highest BCUT2D eigenvalue weighted by molar-refractivity contribution is 6.04. The van der Waals surface area contributed by atoms with E-state index in [1.807, 2.05) is 42.5 Å². The lowest BCUT2D eigenvalue weighted by molar-refractivity contribution is 0.0701. The van der Waals surface area contributed by atoms with Crippen LogP contribution in [0, 0.1) is 0 Å². The van der Waals surface area contributed by atoms with Crippen molar-refractivity contribution >= 4 is 16.8 Å². The van der Waals surface area contributed by atoms with E-state index in [4.69, 9.17) is 15.7 Å². The quantitative estimate of drug-likeness (QED) is 0.318. The number of nitrogens with two attached hydrogens (primary N) is 1. The predicted octanol–water partition coefficient (Wildman–Crippen LogP) is 2.68. The summed E-state index contributed by atoms with van der Waals surface area (Å²) in [6, 6.07) is 15.4. The van der Waals surface area contributed by atoms with E-state index in [2.05, 4.69) is 4.98 Å². The fraction of sp³-hybridized carbons (Fsp3) is 0.167. The van der Waals surface area contributed by atoms with Crippen LogP contribution in [0.25, 0.3) is 22.0 Å². The van der Waals surface area contributed by atoms with E-state index < -0.39 is 5.91 Å². The summed E-state index contributed by atoms with van der Waals surface area (Å²) >= 11 is 0. The molecule has 5 N–H and O–H groups in total. The molecule has 0 unspecified atom stereocenters. The topological polar surface area (TPSA) is 100 Å². The van der Waals surface area contributed by atoms with Crippen molar-refractivity contribution in [3.05, 3.63) is 54.2 Å². The van der Waals surface area contributed by atoms with E-state index in [-0.39, 0.29) is 5.69 Å². The van der Waals surface area contributed by atoms with Crippen molar-refractivity contribution < 1.29 is 14.7 Å². The molecule has 124 valence electrons. The Kier molecular flexibility index (Phi) is 4.79. The third-order valence-electron chi connectivity index (χ3n) is 3.79. The van der Waals surface area contributed by atoms with Gasteiger partial charge in [-0.05, 0) is 36.7 Å². The zero-order valence-electron chi connectivity index (χ0n) is 13.1. The number of aromatic nitrogens is 1. The van der Waals surface area contributed by atoms with Gasteiger partial charge in [0.2, 0.25) is 0 Å². The first-order valence-corrected chi connectivity index (χ1v) is 7.73. The second-order valence-corrected chi connectivity index (χ2v) is 5.38. The van der Waals surface area contributed by atoms with E-state index in [0.29, 0.717) is 18.9 Å². The number of hydrogen-bond donors (Lipinski definition) is 4. The number of hydroxylamine groups is 1. The van der Waals surface area contributed by atoms with Gasteiger partial charge in [0.05, 0.1) is 12.1 Å². The number of amides is 1. The summed E-state index contributed by atoms with van der Waals surface area (Å²) in [6.07, 6.45) is 0.746. The van der Waals surface area contributed by atoms with Gasteiger partial charge >= 0.3 is 0 Å². The van der Waals surface area contributed by atoms with Crippen molar-refractivity contribution in [3.63, 3.8) is 0 Å². The molecule has 0 aliphatic carbocycles. The lowest BCUT2D eigenvalue weighted by atomic mass is 10.0. The molecular formula is C18H19N3O3. The van der Waals surface area contributed by atoms with Gasteiger partial charge in [0, 0.05) is 10.9 Å². The summed E-state index contributed by atoms with van der Waals surface area (Å²) in [6.45, 7) is 1.06. The highest BCUT2D eigenvalue weighted by Gasteiger charge is 2.15. The van der Waals surface area contributed by atoms with Gasteiger partial charge in [-0.3, -0.25) is 10.0 Å². The Morgan fingerprint density at radius 3 is 2.71 bits per heavy atom. The largest absolute Gasteiger partial charge is 0.493 e. The Labute approximate surface area is 139 Å². The maximum atomic E-state index is 11.8. The molecule has 0 spiro atoms. The van der Waals surface area contributed by atoms with E-state index in [1.165, 1.54) is 0 Å². The number of hydrogen-bond acceptors (Lipinski definition) is 4. The number of ether oxygens (including phenoxy) is 1. The van der Waals surface area contributed by atoms with Crippen molar-refractivity contribution in [2.75, 3.05) is 13.2 Å². The van der Waals surface area contributed by atoms with Crippen LogP contribution in [-0.4, -0.2) is 29.3 Å². The van der Waals surface area contributed by atoms with Crippen LogP contribution in [0.4, 0.5) is 0 Å². The SMILES string of the molecule is NCCCOc1ccc(-c2ccccc2)c2[nH]c(C(=O)NO)cc12. The number of aromatic amines is 1. The summed E-state index contributed by atoms with van der Waals surface area (Å²) in [5.74, 6) is 0.0736. The third kappa shape index (κ3) is 3.10. The normalized spacial score (nSPS) is 10.8. The van der Waals surface area contributed by atoms with Crippen LogP contribution in [0.15, 0.2) is 48.5 Å². The molecule has 1 amide bonds. The summed E-state index contributed by atoms with van der Waals surface area (Å²) in [4.78, 5) is 14.8. The zero-order chi connectivity index (χ0) is 16.9. The number of H-pyrrole nitrogens is 1. The molecule has 0 saturated carbocycles. The Morgan fingerprint density at radius 1 is 1.21 bits per heavy atom. The third-order valence-corrected chi connectivity index (χ3v) is 3.79. The minimum absolute atomic E-state index is 0.263. The monoisotopic (exact) mass is 325 g/mol. The van der Waals surface area contributed by atoms with Crippen LogP contribution in [0.3, 0.4) is 0 Å². The lowest BCUT2D eigenvalue weighted by Gasteiger charge is -2.10. The predicted molar refractivity (Wildman–Crippen MR) is 92.2 cm³/mol. The first-order valence-electron chi connectivity index (χ1n) is 7.73. The van der Waals surface area contributed by atoms with Gasteiger partial charge in [0.25, 0.3) is 5.91 Å². The Hall–Kier alpha value is -2.83. The second kappa shape index (κ2) is 7.16. The van der Waals surface area contributed by atoms with Crippen LogP contribution >= 0.6 is 0 Å². The Morgan fingerprint density at radius 2 is 2.00 bits per heavy atom. The van der Waals surface area contributed by atoms with Crippen molar-refractivity contribution in [1.82, 2.24) is 10.5 Å². The number of carbonyl (C=O) groups excluding carboxylic acids is 1. The van der Waals surface area contributed by atoms with Crippen molar-refractivity contribution in [2.24, 2.45) is 5.73 Å². The molecular weight excluding hydrogens is 306 g/mol. The molecule has 2 aromatic carbocycles. The van der Waals surface area contributed by atoms with Crippen LogP contribution < -0.4 is 16.0 Å². The molecule has 0 atom stereocenters. The molecule has 0 fully saturated rings. The maximum absolute atomic E-state index is 11.8. The summed E-state index contributed by atoms with van der Waals surface area (Å²) < 4.78 is 5.78. The molecule has 0 bridgehead atoms. The first-order chi connectivity index (χ1) is 11.7. The molecule has 6 nitrogen and oxygen atoms in total. The molecule has 0 aliphatic heterocycles. The second-order valence-electron chi connectivity index (χ2n) is 5.38. The highest BCUT2D eigenvalue weighted by atomic mass is 16.5. The van der Waals surface area contributed by atoms with Gasteiger partial charge in [-0.15, -0.1) is 0 Å². The van der Waals surface area contributed by atoms with Crippen LogP contribution in [-0.2, 0) is 0 Å². The molecule has 3 rings (SSSR count). The maximum Gasteiger partial charge on any atom is 0.291 e. The highest BCUT2D eigenvalue weighted by Crippen LogP contribution is 2.34. The number of nitrogens with one attached hydrogen (secondary N) is 2. The molecule has 1 aromatic heterocycles. The molecule has 0 aliphatic rings. The van der Waals surface area contributed by atoms with Crippen LogP contribution in [0.2, 0.25) is 0 Å². The molecule has 0 radical (unpaired) electrons. The number of rotatable bonds is 6. The Balaban J connectivity index is 2.11. The summed E-state index contributed by atoms with van der Waals surface area (Å²) in [5, 5.41) is 9.66. The molecule has 6 heteroatoms.